The summed E-state index contributed by atoms with van der Waals surface area (Å²) in [5, 5.41) is 33.4. The minimum Gasteiger partial charge on any atom is -0.395 e. The van der Waals surface area contributed by atoms with Crippen molar-refractivity contribution < 1.29 is 29.5 Å². The number of nitro groups is 1. The van der Waals surface area contributed by atoms with E-state index < -0.39 is 22.3 Å². The van der Waals surface area contributed by atoms with Crippen LogP contribution in [0.25, 0.3) is 0 Å². The molecule has 3 amide bonds. The summed E-state index contributed by atoms with van der Waals surface area (Å²) in [6.45, 7) is 1.92. The number of aliphatic hydroxyl groups excluding tert-OH is 1. The highest BCUT2D eigenvalue weighted by Gasteiger charge is 2.53. The number of rotatable bonds is 12. The number of carbonyl (C=O) groups excluding carboxylic acids is 3. The fourth-order valence-electron chi connectivity index (χ4n) is 6.75. The lowest BCUT2D eigenvalue weighted by atomic mass is 9.82. The quantitative estimate of drug-likeness (QED) is 0.114. The van der Waals surface area contributed by atoms with E-state index in [-0.39, 0.29) is 49.2 Å². The smallest absolute Gasteiger partial charge is 0.269 e. The van der Waals surface area contributed by atoms with Crippen LogP contribution in [-0.2, 0) is 39.5 Å². The standard InChI is InChI=1S/C39H38N4O7/c1-27(9-7-16-36(45)40(21-22-44)25-28-10-3-2-4-11-28)39(48)33-24-32(43(49)50)18-19-35(33)41(38(39)47)26-29-12-8-14-31(23-29)42-34-15-6-5-13-30(34)17-20-37(42)46/h2-15,18-19,23-24,27,44,48H,16-17,20-22,25-26H2,1H3/b9-7+/t27-,39+/m0/s1. The highest BCUT2D eigenvalue weighted by molar-refractivity contribution is 6.07. The van der Waals surface area contributed by atoms with Crippen LogP contribution in [0.1, 0.15) is 42.0 Å². The monoisotopic (exact) mass is 674 g/mol. The molecule has 2 atom stereocenters. The lowest BCUT2D eigenvalue weighted by Gasteiger charge is -2.30. The second kappa shape index (κ2) is 14.5. The first kappa shape index (κ1) is 34.2. The molecule has 2 heterocycles. The number of aryl methyl sites for hydroxylation is 1. The van der Waals surface area contributed by atoms with Crippen molar-refractivity contribution in [2.45, 2.75) is 44.9 Å². The highest BCUT2D eigenvalue weighted by Crippen LogP contribution is 2.47. The van der Waals surface area contributed by atoms with Crippen molar-refractivity contribution in [2.75, 3.05) is 23.0 Å². The molecule has 0 saturated carbocycles. The molecule has 2 N–H and O–H groups in total. The molecule has 0 aliphatic carbocycles. The van der Waals surface area contributed by atoms with Gasteiger partial charge in [0, 0.05) is 55.2 Å². The van der Waals surface area contributed by atoms with Crippen LogP contribution in [0.4, 0.5) is 22.7 Å². The third-order valence-electron chi connectivity index (χ3n) is 9.38. The molecule has 0 radical (unpaired) electrons. The molecule has 0 aromatic heterocycles. The zero-order valence-corrected chi connectivity index (χ0v) is 27.6. The second-order valence-electron chi connectivity index (χ2n) is 12.6. The number of nitrogens with zero attached hydrogens (tertiary/aromatic N) is 4. The average Bonchev–Trinajstić information content (AvgIpc) is 3.33. The number of nitro benzene ring substituents is 1. The van der Waals surface area contributed by atoms with Crippen molar-refractivity contribution in [3.05, 3.63) is 142 Å². The number of amides is 3. The van der Waals surface area contributed by atoms with Crippen LogP contribution in [-0.4, -0.2) is 50.9 Å². The third kappa shape index (κ3) is 6.65. The van der Waals surface area contributed by atoms with Gasteiger partial charge in [0.1, 0.15) is 0 Å². The van der Waals surface area contributed by atoms with Crippen LogP contribution in [0, 0.1) is 16.0 Å². The molecule has 0 spiro atoms. The number of para-hydroxylation sites is 1. The van der Waals surface area contributed by atoms with Gasteiger partial charge in [-0.05, 0) is 47.4 Å². The molecule has 6 rings (SSSR count). The lowest BCUT2D eigenvalue weighted by Crippen LogP contribution is -2.44. The van der Waals surface area contributed by atoms with Gasteiger partial charge >= 0.3 is 0 Å². The van der Waals surface area contributed by atoms with Crippen LogP contribution in [0.5, 0.6) is 0 Å². The Morgan fingerprint density at radius 1 is 0.960 bits per heavy atom. The Labute approximate surface area is 289 Å². The van der Waals surface area contributed by atoms with Gasteiger partial charge in [0.25, 0.3) is 11.6 Å². The summed E-state index contributed by atoms with van der Waals surface area (Å²) in [7, 11) is 0. The van der Waals surface area contributed by atoms with E-state index in [0.29, 0.717) is 36.3 Å². The summed E-state index contributed by atoms with van der Waals surface area (Å²) in [4.78, 5) is 56.2. The van der Waals surface area contributed by atoms with Gasteiger partial charge in [-0.15, -0.1) is 0 Å². The zero-order valence-electron chi connectivity index (χ0n) is 27.6. The molecule has 4 aromatic carbocycles. The Kier molecular flexibility index (Phi) is 9.89. The third-order valence-corrected chi connectivity index (χ3v) is 9.38. The Morgan fingerprint density at radius 2 is 1.70 bits per heavy atom. The minimum absolute atomic E-state index is 0.0357. The topological polar surface area (TPSA) is 145 Å². The Hall–Kier alpha value is -5.65. The number of hydrogen-bond acceptors (Lipinski definition) is 7. The fraction of sp³-hybridized carbons (Fsp3) is 0.256. The summed E-state index contributed by atoms with van der Waals surface area (Å²) in [5.74, 6) is -1.82. The first-order valence-corrected chi connectivity index (χ1v) is 16.5. The first-order chi connectivity index (χ1) is 24.1. The summed E-state index contributed by atoms with van der Waals surface area (Å²) < 4.78 is 0. The van der Waals surface area contributed by atoms with Crippen LogP contribution in [0.2, 0.25) is 0 Å². The Bertz CT molecular complexity index is 1960. The molecule has 0 saturated heterocycles. The number of aliphatic hydroxyl groups is 2. The van der Waals surface area contributed by atoms with E-state index >= 15 is 0 Å². The van der Waals surface area contributed by atoms with Crippen LogP contribution >= 0.6 is 0 Å². The van der Waals surface area contributed by atoms with Gasteiger partial charge in [0.15, 0.2) is 5.60 Å². The van der Waals surface area contributed by atoms with Gasteiger partial charge in [-0.2, -0.15) is 0 Å². The van der Waals surface area contributed by atoms with Crippen molar-refractivity contribution in [1.29, 1.82) is 0 Å². The number of carbonyl (C=O) groups is 3. The number of non-ortho nitro benzene ring substituents is 1. The Morgan fingerprint density at radius 3 is 2.46 bits per heavy atom. The molecule has 2 aliphatic rings. The predicted octanol–water partition coefficient (Wildman–Crippen LogP) is 5.54. The summed E-state index contributed by atoms with van der Waals surface area (Å²) in [6.07, 6.45) is 4.13. The highest BCUT2D eigenvalue weighted by atomic mass is 16.6. The summed E-state index contributed by atoms with van der Waals surface area (Å²) in [5.41, 5.74) is 2.13. The van der Waals surface area contributed by atoms with E-state index in [2.05, 4.69) is 0 Å². The molecule has 50 heavy (non-hydrogen) atoms. The SMILES string of the molecule is C[C@@H](/C=C/CC(=O)N(CCO)Cc1ccccc1)[C@]1(O)C(=O)N(Cc2cccc(N3C(=O)CCc4ccccc43)c2)c2ccc([N+](=O)[O-])cc21. The lowest BCUT2D eigenvalue weighted by molar-refractivity contribution is -0.385. The normalized spacial score (nSPS) is 17.5. The van der Waals surface area contributed by atoms with Gasteiger partial charge in [-0.25, -0.2) is 0 Å². The van der Waals surface area contributed by atoms with Crippen molar-refractivity contribution in [1.82, 2.24) is 4.90 Å². The molecule has 0 fully saturated rings. The van der Waals surface area contributed by atoms with E-state index in [4.69, 9.17) is 0 Å². The van der Waals surface area contributed by atoms with Crippen molar-refractivity contribution >= 4 is 40.5 Å². The van der Waals surface area contributed by atoms with Gasteiger partial charge < -0.3 is 20.0 Å². The van der Waals surface area contributed by atoms with E-state index in [9.17, 15) is 34.7 Å². The van der Waals surface area contributed by atoms with Gasteiger partial charge in [-0.3, -0.25) is 29.4 Å². The minimum atomic E-state index is -2.16. The molecular formula is C39H38N4O7. The number of hydrogen-bond donors (Lipinski definition) is 2. The largest absolute Gasteiger partial charge is 0.395 e. The van der Waals surface area contributed by atoms with Gasteiger partial charge in [-0.1, -0.05) is 79.7 Å². The van der Waals surface area contributed by atoms with E-state index in [1.54, 1.807) is 30.0 Å². The molecule has 2 aliphatic heterocycles. The maximum Gasteiger partial charge on any atom is 0.269 e. The summed E-state index contributed by atoms with van der Waals surface area (Å²) >= 11 is 0. The molecule has 11 nitrogen and oxygen atoms in total. The predicted molar refractivity (Wildman–Crippen MR) is 188 cm³/mol. The van der Waals surface area contributed by atoms with Crippen molar-refractivity contribution in [3.63, 3.8) is 0 Å². The average molecular weight is 675 g/mol. The Balaban J connectivity index is 1.26. The second-order valence-corrected chi connectivity index (χ2v) is 12.6. The molecular weight excluding hydrogens is 636 g/mol. The van der Waals surface area contributed by atoms with E-state index in [1.165, 1.54) is 28.0 Å². The van der Waals surface area contributed by atoms with Crippen molar-refractivity contribution in [2.24, 2.45) is 5.92 Å². The maximum atomic E-state index is 14.2. The molecule has 11 heteroatoms. The molecule has 256 valence electrons. The first-order valence-electron chi connectivity index (χ1n) is 16.5. The van der Waals surface area contributed by atoms with Gasteiger partial charge in [0.2, 0.25) is 11.8 Å². The van der Waals surface area contributed by atoms with Crippen LogP contribution in [0.3, 0.4) is 0 Å². The van der Waals surface area contributed by atoms with E-state index in [1.807, 2.05) is 72.8 Å². The maximum absolute atomic E-state index is 14.2. The number of fused-ring (bicyclic) bond motifs is 2. The van der Waals surface area contributed by atoms with E-state index in [0.717, 1.165) is 16.8 Å². The fourth-order valence-corrected chi connectivity index (χ4v) is 6.75. The van der Waals surface area contributed by atoms with Crippen molar-refractivity contribution in [3.8, 4) is 0 Å². The van der Waals surface area contributed by atoms with Gasteiger partial charge in [0.05, 0.1) is 29.4 Å². The zero-order chi connectivity index (χ0) is 35.4. The molecule has 0 bridgehead atoms. The van der Waals surface area contributed by atoms with Crippen LogP contribution < -0.4 is 9.80 Å². The molecule has 4 aromatic rings. The molecule has 0 unspecified atom stereocenters. The summed E-state index contributed by atoms with van der Waals surface area (Å²) in [6, 6.07) is 28.4. The van der Waals surface area contributed by atoms with Crippen LogP contribution in [0.15, 0.2) is 109 Å². The number of anilines is 3. The number of benzene rings is 4.